The summed E-state index contributed by atoms with van der Waals surface area (Å²) in [6, 6.07) is 2.34. The number of carbonyl (C=O) groups excluding carboxylic acids is 1. The number of allylic oxidation sites excluding steroid dienone is 1. The molecule has 0 aliphatic carbocycles. The number of halogens is 5. The van der Waals surface area contributed by atoms with Gasteiger partial charge in [0.25, 0.3) is 5.78 Å². The van der Waals surface area contributed by atoms with Gasteiger partial charge in [0.05, 0.1) is 0 Å². The van der Waals surface area contributed by atoms with Crippen LogP contribution in [0.1, 0.15) is 0 Å². The van der Waals surface area contributed by atoms with Gasteiger partial charge in [-0.15, -0.1) is 0 Å². The Morgan fingerprint density at radius 1 is 1.12 bits per heavy atom. The summed E-state index contributed by atoms with van der Waals surface area (Å²) < 4.78 is 60.6. The van der Waals surface area contributed by atoms with Gasteiger partial charge in [-0.1, -0.05) is 0 Å². The van der Waals surface area contributed by atoms with Gasteiger partial charge in [-0.25, -0.2) is 8.78 Å². The van der Waals surface area contributed by atoms with Crippen LogP contribution in [-0.2, 0) is 4.79 Å². The number of hydrogen-bond acceptors (Lipinski definition) is 2. The first kappa shape index (κ1) is 13.1. The van der Waals surface area contributed by atoms with Crippen LogP contribution in [0.5, 0.6) is 0 Å². The third-order valence-electron chi connectivity index (χ3n) is 1.63. The quantitative estimate of drug-likeness (QED) is 0.660. The van der Waals surface area contributed by atoms with Gasteiger partial charge in [0.15, 0.2) is 0 Å². The number of alkyl halides is 3. The molecule has 0 fully saturated rings. The lowest BCUT2D eigenvalue weighted by molar-refractivity contribution is -0.165. The molecule has 0 spiro atoms. The molecule has 92 valence electrons. The molecule has 1 rings (SSSR count). The Morgan fingerprint density at radius 2 is 1.65 bits per heavy atom. The van der Waals surface area contributed by atoms with E-state index in [-0.39, 0.29) is 11.8 Å². The molecule has 0 amide bonds. The van der Waals surface area contributed by atoms with Crippen molar-refractivity contribution in [1.29, 1.82) is 0 Å². The monoisotopic (exact) mass is 251 g/mol. The fraction of sp³-hybridized carbons (Fsp3) is 0.100. The van der Waals surface area contributed by atoms with Crippen molar-refractivity contribution in [2.24, 2.45) is 0 Å². The number of hydrogen-bond donors (Lipinski definition) is 1. The first-order chi connectivity index (χ1) is 7.79. The molecule has 0 aliphatic heterocycles. The summed E-state index contributed by atoms with van der Waals surface area (Å²) in [6.45, 7) is 0. The molecule has 2 nitrogen and oxygen atoms in total. The van der Waals surface area contributed by atoms with E-state index in [4.69, 9.17) is 0 Å². The SMILES string of the molecule is O=C(/C=C\Nc1cc(F)cc(F)c1)C(F)(F)F. The van der Waals surface area contributed by atoms with E-state index in [0.717, 1.165) is 12.1 Å². The molecular weight excluding hydrogens is 245 g/mol. The molecule has 17 heavy (non-hydrogen) atoms. The Bertz CT molecular complexity index is 432. The number of nitrogens with one attached hydrogen (secondary N) is 1. The molecule has 0 bridgehead atoms. The van der Waals surface area contributed by atoms with Gasteiger partial charge in [-0.2, -0.15) is 13.2 Å². The standard InChI is InChI=1S/C10H6F5NO/c11-6-3-7(12)5-8(4-6)16-2-1-9(17)10(13,14)15/h1-5,16H/b2-1-. The summed E-state index contributed by atoms with van der Waals surface area (Å²) >= 11 is 0. The van der Waals surface area contributed by atoms with Crippen LogP contribution < -0.4 is 5.32 Å². The van der Waals surface area contributed by atoms with E-state index in [2.05, 4.69) is 5.32 Å². The van der Waals surface area contributed by atoms with Crippen molar-refractivity contribution >= 4 is 11.5 Å². The fourth-order valence-corrected chi connectivity index (χ4v) is 0.945. The Kier molecular flexibility index (Phi) is 3.82. The maximum Gasteiger partial charge on any atom is 0.454 e. The Balaban J connectivity index is 2.68. The van der Waals surface area contributed by atoms with Crippen molar-refractivity contribution in [2.45, 2.75) is 6.18 Å². The average molecular weight is 251 g/mol. The van der Waals surface area contributed by atoms with E-state index < -0.39 is 23.6 Å². The third kappa shape index (κ3) is 4.21. The predicted octanol–water partition coefficient (Wildman–Crippen LogP) is 3.02. The second kappa shape index (κ2) is 4.94. The van der Waals surface area contributed by atoms with Crippen LogP contribution in [0.25, 0.3) is 0 Å². The molecule has 1 N–H and O–H groups in total. The minimum atomic E-state index is -4.97. The van der Waals surface area contributed by atoms with Gasteiger partial charge in [-0.05, 0) is 12.1 Å². The highest BCUT2D eigenvalue weighted by atomic mass is 19.4. The summed E-state index contributed by atoms with van der Waals surface area (Å²) in [7, 11) is 0. The van der Waals surface area contributed by atoms with Crippen molar-refractivity contribution in [3.8, 4) is 0 Å². The van der Waals surface area contributed by atoms with Crippen LogP contribution in [-0.4, -0.2) is 12.0 Å². The zero-order chi connectivity index (χ0) is 13.1. The Labute approximate surface area is 92.7 Å². The van der Waals surface area contributed by atoms with Gasteiger partial charge in [0.2, 0.25) is 0 Å². The van der Waals surface area contributed by atoms with Gasteiger partial charge in [-0.3, -0.25) is 4.79 Å². The molecule has 7 heteroatoms. The van der Waals surface area contributed by atoms with Crippen molar-refractivity contribution in [3.05, 3.63) is 42.1 Å². The molecule has 0 heterocycles. The van der Waals surface area contributed by atoms with Gasteiger partial charge in [0, 0.05) is 24.0 Å². The molecule has 0 aromatic heterocycles. The first-order valence-corrected chi connectivity index (χ1v) is 4.29. The summed E-state index contributed by atoms with van der Waals surface area (Å²) in [6.07, 6.45) is -4.09. The Hall–Kier alpha value is -1.92. The molecule has 1 aromatic rings. The van der Waals surface area contributed by atoms with Crippen molar-refractivity contribution in [1.82, 2.24) is 0 Å². The zero-order valence-corrected chi connectivity index (χ0v) is 8.18. The molecule has 0 saturated carbocycles. The molecule has 0 radical (unpaired) electrons. The van der Waals surface area contributed by atoms with Gasteiger partial charge >= 0.3 is 6.18 Å². The molecule has 1 aromatic carbocycles. The molecule has 0 saturated heterocycles. The number of rotatable bonds is 3. The molecule has 0 unspecified atom stereocenters. The minimum Gasteiger partial charge on any atom is -0.361 e. The maximum atomic E-state index is 12.7. The highest BCUT2D eigenvalue weighted by Gasteiger charge is 2.35. The van der Waals surface area contributed by atoms with E-state index in [9.17, 15) is 26.7 Å². The van der Waals surface area contributed by atoms with Crippen molar-refractivity contribution < 1.29 is 26.7 Å². The lowest BCUT2D eigenvalue weighted by Gasteiger charge is -2.02. The number of benzene rings is 1. The van der Waals surface area contributed by atoms with E-state index in [0.29, 0.717) is 12.3 Å². The van der Waals surface area contributed by atoms with Crippen LogP contribution in [0.2, 0.25) is 0 Å². The summed E-state index contributed by atoms with van der Waals surface area (Å²) in [5, 5.41) is 2.15. The van der Waals surface area contributed by atoms with Crippen LogP contribution >= 0.6 is 0 Å². The average Bonchev–Trinajstić information content (AvgIpc) is 2.14. The maximum absolute atomic E-state index is 12.7. The van der Waals surface area contributed by atoms with Crippen molar-refractivity contribution in [3.63, 3.8) is 0 Å². The summed E-state index contributed by atoms with van der Waals surface area (Å²) in [5.74, 6) is -3.84. The van der Waals surface area contributed by atoms with E-state index >= 15 is 0 Å². The Morgan fingerprint density at radius 3 is 2.12 bits per heavy atom. The minimum absolute atomic E-state index is 0.103. The normalized spacial score (nSPS) is 11.8. The van der Waals surface area contributed by atoms with Crippen LogP contribution in [0.3, 0.4) is 0 Å². The first-order valence-electron chi connectivity index (χ1n) is 4.29. The lowest BCUT2D eigenvalue weighted by atomic mass is 10.3. The topological polar surface area (TPSA) is 29.1 Å². The van der Waals surface area contributed by atoms with Gasteiger partial charge in [0.1, 0.15) is 11.6 Å². The smallest absolute Gasteiger partial charge is 0.361 e. The van der Waals surface area contributed by atoms with E-state index in [1.807, 2.05) is 0 Å². The highest BCUT2D eigenvalue weighted by molar-refractivity contribution is 5.94. The molecule has 0 aliphatic rings. The fourth-order valence-electron chi connectivity index (χ4n) is 0.945. The predicted molar refractivity (Wildman–Crippen MR) is 50.2 cm³/mol. The lowest BCUT2D eigenvalue weighted by Crippen LogP contribution is -2.20. The van der Waals surface area contributed by atoms with Crippen LogP contribution in [0.4, 0.5) is 27.6 Å². The second-order valence-electron chi connectivity index (χ2n) is 3.00. The van der Waals surface area contributed by atoms with Gasteiger partial charge < -0.3 is 5.32 Å². The third-order valence-corrected chi connectivity index (χ3v) is 1.63. The number of ketones is 1. The second-order valence-corrected chi connectivity index (χ2v) is 3.00. The molecule has 0 atom stereocenters. The summed E-state index contributed by atoms with van der Waals surface area (Å²) in [5.41, 5.74) is -0.103. The number of carbonyl (C=O) groups is 1. The zero-order valence-electron chi connectivity index (χ0n) is 8.18. The van der Waals surface area contributed by atoms with Crippen LogP contribution in [0, 0.1) is 11.6 Å². The largest absolute Gasteiger partial charge is 0.454 e. The van der Waals surface area contributed by atoms with E-state index in [1.54, 1.807) is 0 Å². The van der Waals surface area contributed by atoms with Crippen LogP contribution in [0.15, 0.2) is 30.5 Å². The number of anilines is 1. The van der Waals surface area contributed by atoms with E-state index in [1.165, 1.54) is 0 Å². The highest BCUT2D eigenvalue weighted by Crippen LogP contribution is 2.17. The van der Waals surface area contributed by atoms with Crippen molar-refractivity contribution in [2.75, 3.05) is 5.32 Å². The molecular formula is C10H6F5NO. The summed E-state index contributed by atoms with van der Waals surface area (Å²) in [4.78, 5) is 10.4.